The Morgan fingerprint density at radius 1 is 1.20 bits per heavy atom. The Kier molecular flexibility index (Phi) is 5.68. The molecule has 1 amide bonds. The van der Waals surface area contributed by atoms with E-state index < -0.39 is 0 Å². The van der Waals surface area contributed by atoms with Crippen LogP contribution in [-0.4, -0.2) is 15.7 Å². The van der Waals surface area contributed by atoms with Crippen molar-refractivity contribution in [3.63, 3.8) is 0 Å². The zero-order chi connectivity index (χ0) is 17.6. The summed E-state index contributed by atoms with van der Waals surface area (Å²) in [7, 11) is 0. The molecule has 4 nitrogen and oxygen atoms in total. The lowest BCUT2D eigenvalue weighted by Crippen LogP contribution is -2.07. The van der Waals surface area contributed by atoms with Crippen LogP contribution in [0.4, 0.5) is 5.69 Å². The molecule has 1 N–H and O–H groups in total. The number of carbonyl (C=O) groups excluding carboxylic acids is 1. The van der Waals surface area contributed by atoms with E-state index in [9.17, 15) is 4.79 Å². The van der Waals surface area contributed by atoms with E-state index >= 15 is 0 Å². The summed E-state index contributed by atoms with van der Waals surface area (Å²) in [4.78, 5) is 12.0. The average molecular weight is 417 g/mol. The SMILES string of the molecule is O=C(/C=C/c1ccccc1Cl)Nc1cnn(Cc2ccc(Br)cc2)c1. The molecule has 0 aliphatic rings. The molecule has 1 aromatic heterocycles. The molecule has 1 heterocycles. The number of benzene rings is 2. The van der Waals surface area contributed by atoms with Gasteiger partial charge >= 0.3 is 0 Å². The summed E-state index contributed by atoms with van der Waals surface area (Å²) in [5.41, 5.74) is 2.57. The number of carbonyl (C=O) groups is 1. The van der Waals surface area contributed by atoms with Crippen LogP contribution in [0.2, 0.25) is 5.02 Å². The maximum atomic E-state index is 12.0. The zero-order valence-electron chi connectivity index (χ0n) is 13.2. The standard InChI is InChI=1S/C19H15BrClN3O/c20-16-8-5-14(6-9-16)12-24-13-17(11-22-24)23-19(25)10-7-15-3-1-2-4-18(15)21/h1-11,13H,12H2,(H,23,25)/b10-7+. The summed E-state index contributed by atoms with van der Waals surface area (Å²) in [6, 6.07) is 15.4. The summed E-state index contributed by atoms with van der Waals surface area (Å²) < 4.78 is 2.81. The topological polar surface area (TPSA) is 46.9 Å². The summed E-state index contributed by atoms with van der Waals surface area (Å²) >= 11 is 9.47. The van der Waals surface area contributed by atoms with Gasteiger partial charge in [0.1, 0.15) is 0 Å². The quantitative estimate of drug-likeness (QED) is 0.595. The van der Waals surface area contributed by atoms with Crippen LogP contribution in [-0.2, 0) is 11.3 Å². The normalized spacial score (nSPS) is 11.0. The van der Waals surface area contributed by atoms with E-state index in [-0.39, 0.29) is 5.91 Å². The number of rotatable bonds is 5. The van der Waals surface area contributed by atoms with Gasteiger partial charge in [0.2, 0.25) is 5.91 Å². The van der Waals surface area contributed by atoms with Crippen LogP contribution < -0.4 is 5.32 Å². The van der Waals surface area contributed by atoms with Crippen LogP contribution in [0.5, 0.6) is 0 Å². The molecule has 0 unspecified atom stereocenters. The lowest BCUT2D eigenvalue weighted by Gasteiger charge is -2.02. The van der Waals surface area contributed by atoms with Gasteiger partial charge in [0.25, 0.3) is 0 Å². The Morgan fingerprint density at radius 3 is 2.72 bits per heavy atom. The monoisotopic (exact) mass is 415 g/mol. The fourth-order valence-corrected chi connectivity index (χ4v) is 2.71. The highest BCUT2D eigenvalue weighted by atomic mass is 79.9. The van der Waals surface area contributed by atoms with Gasteiger partial charge in [-0.2, -0.15) is 5.10 Å². The van der Waals surface area contributed by atoms with Gasteiger partial charge in [-0.1, -0.05) is 57.9 Å². The van der Waals surface area contributed by atoms with Gasteiger partial charge < -0.3 is 5.32 Å². The summed E-state index contributed by atoms with van der Waals surface area (Å²) in [6.07, 6.45) is 6.56. The Balaban J connectivity index is 1.60. The van der Waals surface area contributed by atoms with E-state index in [1.165, 1.54) is 6.08 Å². The van der Waals surface area contributed by atoms with Crippen molar-refractivity contribution in [1.29, 1.82) is 0 Å². The third-order valence-corrected chi connectivity index (χ3v) is 4.35. The summed E-state index contributed by atoms with van der Waals surface area (Å²) in [5, 5.41) is 7.66. The maximum absolute atomic E-state index is 12.0. The highest BCUT2D eigenvalue weighted by Crippen LogP contribution is 2.16. The van der Waals surface area contributed by atoms with Crippen molar-refractivity contribution >= 4 is 45.2 Å². The van der Waals surface area contributed by atoms with Gasteiger partial charge in [-0.25, -0.2) is 0 Å². The van der Waals surface area contributed by atoms with Crippen LogP contribution in [0.15, 0.2) is 71.5 Å². The van der Waals surface area contributed by atoms with Gasteiger partial charge in [0.15, 0.2) is 0 Å². The minimum Gasteiger partial charge on any atom is -0.320 e. The molecule has 0 spiro atoms. The van der Waals surface area contributed by atoms with E-state index in [4.69, 9.17) is 11.6 Å². The van der Waals surface area contributed by atoms with Crippen LogP contribution in [0.3, 0.4) is 0 Å². The number of hydrogen-bond donors (Lipinski definition) is 1. The van der Waals surface area contributed by atoms with E-state index in [2.05, 4.69) is 26.3 Å². The van der Waals surface area contributed by atoms with E-state index in [1.807, 2.05) is 42.5 Å². The van der Waals surface area contributed by atoms with Crippen LogP contribution in [0.1, 0.15) is 11.1 Å². The first-order valence-electron chi connectivity index (χ1n) is 7.61. The second-order valence-corrected chi connectivity index (χ2v) is 6.72. The highest BCUT2D eigenvalue weighted by Gasteiger charge is 2.03. The molecule has 0 radical (unpaired) electrons. The van der Waals surface area contributed by atoms with Gasteiger partial charge in [-0.05, 0) is 35.4 Å². The molecule has 0 fully saturated rings. The number of nitrogens with zero attached hydrogens (tertiary/aromatic N) is 2. The lowest BCUT2D eigenvalue weighted by molar-refractivity contribution is -0.111. The number of amides is 1. The third kappa shape index (κ3) is 5.05. The molecule has 0 aliphatic heterocycles. The lowest BCUT2D eigenvalue weighted by atomic mass is 10.2. The Labute approximate surface area is 159 Å². The van der Waals surface area contributed by atoms with E-state index in [0.717, 1.165) is 15.6 Å². The second kappa shape index (κ2) is 8.14. The molecule has 0 atom stereocenters. The molecule has 2 aromatic carbocycles. The molecule has 3 rings (SSSR count). The Hall–Kier alpha value is -2.37. The van der Waals surface area contributed by atoms with Crippen molar-refractivity contribution in [3.05, 3.63) is 87.6 Å². The van der Waals surface area contributed by atoms with Crippen molar-refractivity contribution in [1.82, 2.24) is 9.78 Å². The fourth-order valence-electron chi connectivity index (χ4n) is 2.25. The molecular formula is C19H15BrClN3O. The van der Waals surface area contributed by atoms with Crippen LogP contribution >= 0.6 is 27.5 Å². The number of nitrogens with one attached hydrogen (secondary N) is 1. The summed E-state index contributed by atoms with van der Waals surface area (Å²) in [6.45, 7) is 0.638. The molecule has 0 aliphatic carbocycles. The smallest absolute Gasteiger partial charge is 0.248 e. The maximum Gasteiger partial charge on any atom is 0.248 e. The largest absolute Gasteiger partial charge is 0.320 e. The molecule has 25 heavy (non-hydrogen) atoms. The summed E-state index contributed by atoms with van der Waals surface area (Å²) in [5.74, 6) is -0.233. The molecule has 0 saturated heterocycles. The predicted molar refractivity (Wildman–Crippen MR) is 105 cm³/mol. The van der Waals surface area contributed by atoms with Crippen molar-refractivity contribution in [2.45, 2.75) is 6.54 Å². The number of anilines is 1. The Bertz CT molecular complexity index is 903. The molecule has 3 aromatic rings. The Morgan fingerprint density at radius 2 is 1.96 bits per heavy atom. The van der Waals surface area contributed by atoms with Crippen molar-refractivity contribution in [3.8, 4) is 0 Å². The molecule has 126 valence electrons. The van der Waals surface area contributed by atoms with Crippen molar-refractivity contribution in [2.75, 3.05) is 5.32 Å². The first kappa shape index (κ1) is 17.5. The average Bonchev–Trinajstić information content (AvgIpc) is 3.03. The second-order valence-electron chi connectivity index (χ2n) is 5.40. The molecular weight excluding hydrogens is 402 g/mol. The van der Waals surface area contributed by atoms with Gasteiger partial charge in [0, 0.05) is 21.8 Å². The van der Waals surface area contributed by atoms with Crippen molar-refractivity contribution in [2.24, 2.45) is 0 Å². The van der Waals surface area contributed by atoms with Crippen LogP contribution in [0, 0.1) is 0 Å². The zero-order valence-corrected chi connectivity index (χ0v) is 15.5. The van der Waals surface area contributed by atoms with Gasteiger partial charge in [-0.15, -0.1) is 0 Å². The highest BCUT2D eigenvalue weighted by molar-refractivity contribution is 9.10. The first-order valence-corrected chi connectivity index (χ1v) is 8.78. The number of hydrogen-bond acceptors (Lipinski definition) is 2. The molecule has 0 bridgehead atoms. The number of halogens is 2. The number of aromatic nitrogens is 2. The van der Waals surface area contributed by atoms with Crippen LogP contribution in [0.25, 0.3) is 6.08 Å². The van der Waals surface area contributed by atoms with E-state index in [1.54, 1.807) is 29.2 Å². The van der Waals surface area contributed by atoms with Gasteiger partial charge in [0.05, 0.1) is 18.4 Å². The minimum atomic E-state index is -0.233. The third-order valence-electron chi connectivity index (χ3n) is 3.48. The van der Waals surface area contributed by atoms with Gasteiger partial charge in [-0.3, -0.25) is 9.48 Å². The van der Waals surface area contributed by atoms with E-state index in [0.29, 0.717) is 17.3 Å². The minimum absolute atomic E-state index is 0.233. The molecule has 6 heteroatoms. The first-order chi connectivity index (χ1) is 12.1. The fraction of sp³-hybridized carbons (Fsp3) is 0.0526. The molecule has 0 saturated carbocycles. The predicted octanol–water partition coefficient (Wildman–Crippen LogP) is 5.00. The van der Waals surface area contributed by atoms with Crippen molar-refractivity contribution < 1.29 is 4.79 Å².